The molecule has 0 aliphatic carbocycles. The van der Waals surface area contributed by atoms with E-state index in [1.807, 2.05) is 56.3 Å². The van der Waals surface area contributed by atoms with E-state index < -0.39 is 0 Å². The molecule has 3 heterocycles. The molecule has 1 amide bonds. The van der Waals surface area contributed by atoms with E-state index in [2.05, 4.69) is 32.0 Å². The number of carbonyl (C=O) groups excluding carboxylic acids is 1. The number of hydrogen-bond donors (Lipinski definition) is 2. The Morgan fingerprint density at radius 3 is 2.83 bits per heavy atom. The van der Waals surface area contributed by atoms with Gasteiger partial charge in [-0.25, -0.2) is 0 Å². The second-order valence-corrected chi connectivity index (χ2v) is 8.82. The van der Waals surface area contributed by atoms with E-state index in [0.717, 1.165) is 22.5 Å². The average molecular weight is 437 g/mol. The highest BCUT2D eigenvalue weighted by molar-refractivity contribution is 7.80. The first-order valence-electron chi connectivity index (χ1n) is 9.91. The molecule has 2 atom stereocenters. The maximum absolute atomic E-state index is 12.7. The smallest absolute Gasteiger partial charge is 0.226 e. The number of aromatic nitrogens is 1. The second kappa shape index (κ2) is 8.93. The van der Waals surface area contributed by atoms with Crippen molar-refractivity contribution in [3.63, 3.8) is 0 Å². The van der Waals surface area contributed by atoms with Crippen LogP contribution >= 0.6 is 23.6 Å². The van der Waals surface area contributed by atoms with Gasteiger partial charge in [-0.1, -0.05) is 24.3 Å². The number of aryl methyl sites for hydroxylation is 2. The Kier molecular flexibility index (Phi) is 6.11. The third-order valence-corrected chi connectivity index (χ3v) is 6.57. The molecule has 1 aromatic carbocycles. The molecule has 30 heavy (non-hydrogen) atoms. The number of pyridine rings is 1. The van der Waals surface area contributed by atoms with E-state index in [1.165, 1.54) is 4.88 Å². The van der Waals surface area contributed by atoms with Gasteiger partial charge in [0.25, 0.3) is 0 Å². The van der Waals surface area contributed by atoms with E-state index in [-0.39, 0.29) is 18.0 Å². The second-order valence-electron chi connectivity index (χ2n) is 7.45. The topological polar surface area (TPSA) is 57.3 Å². The van der Waals surface area contributed by atoms with Crippen LogP contribution < -0.4 is 10.6 Å². The summed E-state index contributed by atoms with van der Waals surface area (Å²) >= 11 is 7.34. The normalized spacial score (nSPS) is 18.3. The first kappa shape index (κ1) is 20.5. The quantitative estimate of drug-likeness (QED) is 0.546. The van der Waals surface area contributed by atoms with Crippen LogP contribution in [0.1, 0.15) is 40.2 Å². The predicted octanol–water partition coefficient (Wildman–Crippen LogP) is 4.76. The van der Waals surface area contributed by atoms with Gasteiger partial charge in [0, 0.05) is 29.7 Å². The molecular formula is C23H24N4OS2. The van der Waals surface area contributed by atoms with Crippen molar-refractivity contribution in [3.8, 4) is 0 Å². The van der Waals surface area contributed by atoms with Crippen LogP contribution in [0.3, 0.4) is 0 Å². The van der Waals surface area contributed by atoms with Gasteiger partial charge in [0.1, 0.15) is 0 Å². The lowest BCUT2D eigenvalue weighted by molar-refractivity contribution is -0.116. The van der Waals surface area contributed by atoms with Crippen molar-refractivity contribution < 1.29 is 4.79 Å². The summed E-state index contributed by atoms with van der Waals surface area (Å²) in [4.78, 5) is 20.5. The van der Waals surface area contributed by atoms with E-state index in [1.54, 1.807) is 17.5 Å². The van der Waals surface area contributed by atoms with E-state index in [0.29, 0.717) is 18.1 Å². The largest absolute Gasteiger partial charge is 0.352 e. The van der Waals surface area contributed by atoms with Gasteiger partial charge in [0.15, 0.2) is 5.11 Å². The van der Waals surface area contributed by atoms with Gasteiger partial charge in [-0.15, -0.1) is 11.3 Å². The van der Waals surface area contributed by atoms with Crippen LogP contribution in [0, 0.1) is 13.8 Å². The molecule has 1 fully saturated rings. The summed E-state index contributed by atoms with van der Waals surface area (Å²) < 4.78 is 0. The lowest BCUT2D eigenvalue weighted by atomic mass is 10.0. The molecule has 2 aromatic heterocycles. The molecule has 5 nitrogen and oxygen atoms in total. The highest BCUT2D eigenvalue weighted by Crippen LogP contribution is 2.40. The van der Waals surface area contributed by atoms with Crippen molar-refractivity contribution >= 4 is 40.3 Å². The van der Waals surface area contributed by atoms with Gasteiger partial charge in [-0.2, -0.15) is 0 Å². The van der Waals surface area contributed by atoms with Gasteiger partial charge in [-0.3, -0.25) is 9.78 Å². The monoisotopic (exact) mass is 436 g/mol. The number of anilines is 1. The molecule has 1 aliphatic rings. The number of carbonyl (C=O) groups is 1. The number of thiocarbonyl (C=S) groups is 1. The van der Waals surface area contributed by atoms with Gasteiger partial charge in [-0.05, 0) is 66.8 Å². The summed E-state index contributed by atoms with van der Waals surface area (Å²) in [5, 5.41) is 9.18. The Balaban J connectivity index is 1.50. The van der Waals surface area contributed by atoms with Crippen molar-refractivity contribution in [2.24, 2.45) is 0 Å². The fourth-order valence-electron chi connectivity index (χ4n) is 3.72. The number of thiophene rings is 1. The predicted molar refractivity (Wildman–Crippen MR) is 126 cm³/mol. The summed E-state index contributed by atoms with van der Waals surface area (Å²) in [6.45, 7) is 4.56. The number of nitrogens with zero attached hydrogens (tertiary/aromatic N) is 2. The number of rotatable bonds is 6. The number of nitrogens with one attached hydrogen (secondary N) is 2. The molecule has 3 aromatic rings. The van der Waals surface area contributed by atoms with Crippen LogP contribution in [-0.4, -0.2) is 27.4 Å². The van der Waals surface area contributed by atoms with Gasteiger partial charge in [0.2, 0.25) is 5.91 Å². The van der Waals surface area contributed by atoms with Crippen molar-refractivity contribution in [1.29, 1.82) is 0 Å². The Labute approximate surface area is 186 Å². The summed E-state index contributed by atoms with van der Waals surface area (Å²) in [5.41, 5.74) is 3.99. The van der Waals surface area contributed by atoms with Crippen molar-refractivity contribution in [1.82, 2.24) is 15.2 Å². The lowest BCUT2D eigenvalue weighted by Crippen LogP contribution is -2.32. The van der Waals surface area contributed by atoms with Gasteiger partial charge < -0.3 is 15.5 Å². The highest BCUT2D eigenvalue weighted by atomic mass is 32.1. The Bertz CT molecular complexity index is 1040. The minimum absolute atomic E-state index is 0.0147. The maximum atomic E-state index is 12.7. The summed E-state index contributed by atoms with van der Waals surface area (Å²) in [6.07, 6.45) is 2.15. The third-order valence-electron chi connectivity index (χ3n) is 5.28. The van der Waals surface area contributed by atoms with Crippen LogP contribution in [0.15, 0.2) is 60.1 Å². The fourth-order valence-corrected chi connectivity index (χ4v) is 4.93. The van der Waals surface area contributed by atoms with Crippen LogP contribution in [0.25, 0.3) is 0 Å². The van der Waals surface area contributed by atoms with Crippen molar-refractivity contribution in [2.45, 2.75) is 32.4 Å². The first-order chi connectivity index (χ1) is 14.5. The standard InChI is InChI=1S/C23H24N4OS2/c1-15-8-9-16(2)18(14-15)25-20(28)10-12-27-22(19-7-5-13-30-19)21(26-23(27)29)17-6-3-4-11-24-17/h3-9,11,13-14,21-22H,10,12H2,1-2H3,(H,25,28)(H,26,29)/t21-,22+/m1/s1. The first-order valence-corrected chi connectivity index (χ1v) is 11.2. The molecule has 0 bridgehead atoms. The van der Waals surface area contributed by atoms with E-state index >= 15 is 0 Å². The van der Waals surface area contributed by atoms with Crippen LogP contribution in [0.4, 0.5) is 5.69 Å². The number of amides is 1. The van der Waals surface area contributed by atoms with Gasteiger partial charge >= 0.3 is 0 Å². The molecule has 0 saturated carbocycles. The summed E-state index contributed by atoms with van der Waals surface area (Å²) in [7, 11) is 0. The molecule has 1 aliphatic heterocycles. The third kappa shape index (κ3) is 4.37. The van der Waals surface area contributed by atoms with Crippen LogP contribution in [0.2, 0.25) is 0 Å². The molecule has 1 saturated heterocycles. The summed E-state index contributed by atoms with van der Waals surface area (Å²) in [5.74, 6) is -0.0160. The highest BCUT2D eigenvalue weighted by Gasteiger charge is 2.40. The van der Waals surface area contributed by atoms with E-state index in [9.17, 15) is 4.79 Å². The van der Waals surface area contributed by atoms with E-state index in [4.69, 9.17) is 12.2 Å². The maximum Gasteiger partial charge on any atom is 0.226 e. The molecule has 0 unspecified atom stereocenters. The Morgan fingerprint density at radius 1 is 1.23 bits per heavy atom. The molecule has 2 N–H and O–H groups in total. The Hall–Kier alpha value is -2.77. The zero-order chi connectivity index (χ0) is 21.1. The molecular weight excluding hydrogens is 412 g/mol. The summed E-state index contributed by atoms with van der Waals surface area (Å²) in [6, 6.07) is 16.1. The van der Waals surface area contributed by atoms with Gasteiger partial charge in [0.05, 0.1) is 17.8 Å². The molecule has 0 radical (unpaired) electrons. The minimum atomic E-state index is -0.0422. The zero-order valence-electron chi connectivity index (χ0n) is 17.0. The number of hydrogen-bond acceptors (Lipinski definition) is 4. The van der Waals surface area contributed by atoms with Crippen LogP contribution in [0.5, 0.6) is 0 Å². The van der Waals surface area contributed by atoms with Crippen molar-refractivity contribution in [2.75, 3.05) is 11.9 Å². The molecule has 4 rings (SSSR count). The molecule has 0 spiro atoms. The van der Waals surface area contributed by atoms with Crippen molar-refractivity contribution in [3.05, 3.63) is 81.8 Å². The van der Waals surface area contributed by atoms with Crippen LogP contribution in [-0.2, 0) is 4.79 Å². The average Bonchev–Trinajstić information content (AvgIpc) is 3.37. The number of benzene rings is 1. The Morgan fingerprint density at radius 2 is 2.10 bits per heavy atom. The fraction of sp³-hybridized carbons (Fsp3) is 0.261. The molecule has 154 valence electrons. The molecule has 7 heteroatoms. The lowest BCUT2D eigenvalue weighted by Gasteiger charge is -2.26. The SMILES string of the molecule is Cc1ccc(C)c(NC(=O)CCN2C(=S)N[C@H](c3ccccn3)[C@@H]2c2cccs2)c1. The minimum Gasteiger partial charge on any atom is -0.352 e. The zero-order valence-corrected chi connectivity index (χ0v) is 18.6.